The average molecular weight is 357 g/mol. The van der Waals surface area contributed by atoms with Gasteiger partial charge in [-0.2, -0.15) is 0 Å². The molecule has 1 unspecified atom stereocenters. The summed E-state index contributed by atoms with van der Waals surface area (Å²) in [7, 11) is 0. The van der Waals surface area contributed by atoms with Crippen LogP contribution in [0.1, 0.15) is 36.8 Å². The number of piperidine rings is 1. The molecule has 4 rings (SSSR count). The number of hydrogen-bond donors (Lipinski definition) is 1. The Bertz CT molecular complexity index is 661. The molecule has 0 radical (unpaired) electrons. The van der Waals surface area contributed by atoms with Gasteiger partial charge in [0.05, 0.1) is 13.2 Å². The number of rotatable bonds is 2. The SMILES string of the molecule is Cc1ccc(NC(=O)N2CCC3(CCC3N3CCOCC3)CC2)cc1C. The van der Waals surface area contributed by atoms with E-state index in [9.17, 15) is 4.79 Å². The van der Waals surface area contributed by atoms with Crippen molar-refractivity contribution in [2.45, 2.75) is 45.6 Å². The van der Waals surface area contributed by atoms with Crippen LogP contribution in [0.2, 0.25) is 0 Å². The van der Waals surface area contributed by atoms with Crippen LogP contribution >= 0.6 is 0 Å². The number of benzene rings is 1. The van der Waals surface area contributed by atoms with Gasteiger partial charge in [0, 0.05) is 37.9 Å². The van der Waals surface area contributed by atoms with Gasteiger partial charge in [-0.15, -0.1) is 0 Å². The lowest BCUT2D eigenvalue weighted by atomic mass is 9.58. The summed E-state index contributed by atoms with van der Waals surface area (Å²) >= 11 is 0. The van der Waals surface area contributed by atoms with Gasteiger partial charge in [-0.25, -0.2) is 4.79 Å². The first-order valence-electron chi connectivity index (χ1n) is 10.0. The molecule has 3 aliphatic rings. The summed E-state index contributed by atoms with van der Waals surface area (Å²) in [6, 6.07) is 6.87. The first-order chi connectivity index (χ1) is 12.6. The third kappa shape index (κ3) is 3.35. The van der Waals surface area contributed by atoms with E-state index in [0.717, 1.165) is 57.9 Å². The maximum Gasteiger partial charge on any atom is 0.321 e. The Labute approximate surface area is 156 Å². The summed E-state index contributed by atoms with van der Waals surface area (Å²) in [6.07, 6.45) is 4.90. The Balaban J connectivity index is 1.33. The smallest absolute Gasteiger partial charge is 0.321 e. The highest BCUT2D eigenvalue weighted by Crippen LogP contribution is 2.51. The van der Waals surface area contributed by atoms with E-state index in [1.807, 2.05) is 11.0 Å². The maximum absolute atomic E-state index is 12.7. The highest BCUT2D eigenvalue weighted by Gasteiger charge is 2.50. The zero-order valence-corrected chi connectivity index (χ0v) is 16.1. The largest absolute Gasteiger partial charge is 0.379 e. The molecule has 2 saturated heterocycles. The minimum Gasteiger partial charge on any atom is -0.379 e. The van der Waals surface area contributed by atoms with Crippen molar-refractivity contribution in [2.75, 3.05) is 44.7 Å². The predicted molar refractivity (Wildman–Crippen MR) is 104 cm³/mol. The molecule has 1 saturated carbocycles. The van der Waals surface area contributed by atoms with Gasteiger partial charge in [-0.05, 0) is 68.2 Å². The molecule has 0 bridgehead atoms. The molecule has 1 aromatic rings. The van der Waals surface area contributed by atoms with Crippen LogP contribution < -0.4 is 5.32 Å². The molecule has 3 fully saturated rings. The zero-order valence-electron chi connectivity index (χ0n) is 16.1. The quantitative estimate of drug-likeness (QED) is 0.882. The van der Waals surface area contributed by atoms with Gasteiger partial charge in [0.15, 0.2) is 0 Å². The number of likely N-dealkylation sites (tertiary alicyclic amines) is 1. The lowest BCUT2D eigenvalue weighted by Gasteiger charge is -2.58. The molecule has 1 N–H and O–H groups in total. The van der Waals surface area contributed by atoms with E-state index < -0.39 is 0 Å². The number of aryl methyl sites for hydroxylation is 2. The number of carbonyl (C=O) groups is 1. The van der Waals surface area contributed by atoms with Crippen LogP contribution in [0.5, 0.6) is 0 Å². The Morgan fingerprint density at radius 3 is 2.42 bits per heavy atom. The normalized spacial score (nSPS) is 25.8. The fourth-order valence-corrected chi connectivity index (χ4v) is 4.90. The lowest BCUT2D eigenvalue weighted by molar-refractivity contribution is -0.0927. The average Bonchev–Trinajstić information content (AvgIpc) is 2.65. The van der Waals surface area contributed by atoms with Crippen LogP contribution in [0, 0.1) is 19.3 Å². The molecule has 5 nitrogen and oxygen atoms in total. The third-order valence-electron chi connectivity index (χ3n) is 6.91. The topological polar surface area (TPSA) is 44.8 Å². The second-order valence-corrected chi connectivity index (χ2v) is 8.28. The second-order valence-electron chi connectivity index (χ2n) is 8.28. The first kappa shape index (κ1) is 17.8. The highest BCUT2D eigenvalue weighted by atomic mass is 16.5. The van der Waals surface area contributed by atoms with E-state index in [-0.39, 0.29) is 6.03 Å². The van der Waals surface area contributed by atoms with Crippen molar-refractivity contribution in [1.29, 1.82) is 0 Å². The number of ether oxygens (including phenoxy) is 1. The number of nitrogens with zero attached hydrogens (tertiary/aromatic N) is 2. The molecule has 1 aromatic carbocycles. The van der Waals surface area contributed by atoms with Crippen LogP contribution in [0.15, 0.2) is 18.2 Å². The van der Waals surface area contributed by atoms with Crippen LogP contribution in [0.25, 0.3) is 0 Å². The van der Waals surface area contributed by atoms with Crippen LogP contribution in [-0.2, 0) is 4.74 Å². The van der Waals surface area contributed by atoms with Crippen molar-refractivity contribution >= 4 is 11.7 Å². The monoisotopic (exact) mass is 357 g/mol. The van der Waals surface area contributed by atoms with Crippen molar-refractivity contribution in [2.24, 2.45) is 5.41 Å². The third-order valence-corrected chi connectivity index (χ3v) is 6.91. The van der Waals surface area contributed by atoms with Crippen LogP contribution in [0.3, 0.4) is 0 Å². The number of carbonyl (C=O) groups excluding carboxylic acids is 1. The van der Waals surface area contributed by atoms with Gasteiger partial charge in [0.25, 0.3) is 0 Å². The van der Waals surface area contributed by atoms with E-state index >= 15 is 0 Å². The second kappa shape index (κ2) is 7.20. The fraction of sp³-hybridized carbons (Fsp3) is 0.667. The molecule has 26 heavy (non-hydrogen) atoms. The van der Waals surface area contributed by atoms with E-state index in [2.05, 4.69) is 36.2 Å². The number of amides is 2. The molecule has 5 heteroatoms. The Morgan fingerprint density at radius 2 is 1.81 bits per heavy atom. The molecule has 1 spiro atoms. The Morgan fingerprint density at radius 1 is 1.08 bits per heavy atom. The van der Waals surface area contributed by atoms with Crippen molar-refractivity contribution in [3.8, 4) is 0 Å². The lowest BCUT2D eigenvalue weighted by Crippen LogP contribution is -2.61. The zero-order chi connectivity index (χ0) is 18.1. The van der Waals surface area contributed by atoms with Crippen molar-refractivity contribution < 1.29 is 9.53 Å². The minimum absolute atomic E-state index is 0.0466. The number of hydrogen-bond acceptors (Lipinski definition) is 3. The standard InChI is InChI=1S/C21H31N3O2/c1-16-3-4-18(15-17(16)2)22-20(25)24-9-7-21(8-10-24)6-5-19(21)23-11-13-26-14-12-23/h3-4,15,19H,5-14H2,1-2H3,(H,22,25). The molecule has 0 aromatic heterocycles. The molecular formula is C21H31N3O2. The minimum atomic E-state index is 0.0466. The highest BCUT2D eigenvalue weighted by molar-refractivity contribution is 5.89. The summed E-state index contributed by atoms with van der Waals surface area (Å²) in [5.41, 5.74) is 3.80. The van der Waals surface area contributed by atoms with Crippen molar-refractivity contribution in [1.82, 2.24) is 9.80 Å². The summed E-state index contributed by atoms with van der Waals surface area (Å²) in [5.74, 6) is 0. The molecule has 142 valence electrons. The number of morpholine rings is 1. The van der Waals surface area contributed by atoms with Gasteiger partial charge in [-0.3, -0.25) is 4.90 Å². The molecule has 1 atom stereocenters. The van der Waals surface area contributed by atoms with E-state index in [4.69, 9.17) is 4.74 Å². The predicted octanol–water partition coefficient (Wildman–Crippen LogP) is 3.41. The maximum atomic E-state index is 12.7. The van der Waals surface area contributed by atoms with Crippen molar-refractivity contribution in [3.05, 3.63) is 29.3 Å². The van der Waals surface area contributed by atoms with Crippen molar-refractivity contribution in [3.63, 3.8) is 0 Å². The first-order valence-corrected chi connectivity index (χ1v) is 10.0. The summed E-state index contributed by atoms with van der Waals surface area (Å²) in [5, 5.41) is 3.08. The van der Waals surface area contributed by atoms with Gasteiger partial charge >= 0.3 is 6.03 Å². The molecular weight excluding hydrogens is 326 g/mol. The van der Waals surface area contributed by atoms with Crippen LogP contribution in [-0.4, -0.2) is 61.3 Å². The van der Waals surface area contributed by atoms with Gasteiger partial charge in [0.1, 0.15) is 0 Å². The van der Waals surface area contributed by atoms with Gasteiger partial charge < -0.3 is 15.0 Å². The summed E-state index contributed by atoms with van der Waals surface area (Å²) in [4.78, 5) is 17.3. The van der Waals surface area contributed by atoms with Gasteiger partial charge in [-0.1, -0.05) is 6.07 Å². The number of urea groups is 1. The molecule has 2 amide bonds. The number of anilines is 1. The van der Waals surface area contributed by atoms with E-state index in [0.29, 0.717) is 11.5 Å². The molecule has 2 heterocycles. The number of nitrogens with one attached hydrogen (secondary N) is 1. The molecule has 2 aliphatic heterocycles. The van der Waals surface area contributed by atoms with E-state index in [1.54, 1.807) is 0 Å². The Hall–Kier alpha value is -1.59. The molecule has 1 aliphatic carbocycles. The van der Waals surface area contributed by atoms with E-state index in [1.165, 1.54) is 24.0 Å². The van der Waals surface area contributed by atoms with Gasteiger partial charge in [0.2, 0.25) is 0 Å². The fourth-order valence-electron chi connectivity index (χ4n) is 4.90. The summed E-state index contributed by atoms with van der Waals surface area (Å²) < 4.78 is 5.51. The summed E-state index contributed by atoms with van der Waals surface area (Å²) in [6.45, 7) is 9.81. The Kier molecular flexibility index (Phi) is 4.93. The van der Waals surface area contributed by atoms with Crippen LogP contribution in [0.4, 0.5) is 10.5 Å².